The molecule has 1 saturated carbocycles. The lowest BCUT2D eigenvalue weighted by Gasteiger charge is -2.37. The normalized spacial score (nSPS) is 36.4. The zero-order valence-corrected chi connectivity index (χ0v) is 17.1. The summed E-state index contributed by atoms with van der Waals surface area (Å²) in [5, 5.41) is -0.0551. The van der Waals surface area contributed by atoms with Gasteiger partial charge in [-0.25, -0.2) is 0 Å². The quantitative estimate of drug-likeness (QED) is 0.571. The minimum atomic E-state index is -2.23. The SMILES string of the molecule is CC(C)(CC[C@@H]1[C@H]2CC(=O)O[C@H]2C[C@H]1OC1CCCCO1)[Si](C)(C)O. The number of fused-ring (bicyclic) bond motifs is 1. The summed E-state index contributed by atoms with van der Waals surface area (Å²) >= 11 is 0. The molecule has 3 fully saturated rings. The van der Waals surface area contributed by atoms with E-state index < -0.39 is 8.32 Å². The number of hydrogen-bond acceptors (Lipinski definition) is 5. The van der Waals surface area contributed by atoms with E-state index in [-0.39, 0.29) is 35.4 Å². The third kappa shape index (κ3) is 4.29. The molecule has 0 amide bonds. The van der Waals surface area contributed by atoms with Crippen LogP contribution >= 0.6 is 0 Å². The predicted octanol–water partition coefficient (Wildman–Crippen LogP) is 3.61. The molecule has 1 N–H and O–H groups in total. The Bertz CT molecular complexity index is 481. The van der Waals surface area contributed by atoms with E-state index in [1.807, 2.05) is 13.1 Å². The summed E-state index contributed by atoms with van der Waals surface area (Å²) in [5.41, 5.74) is 0. The van der Waals surface area contributed by atoms with Crippen molar-refractivity contribution in [1.29, 1.82) is 0 Å². The van der Waals surface area contributed by atoms with Gasteiger partial charge in [0.05, 0.1) is 12.5 Å². The van der Waals surface area contributed by atoms with Crippen molar-refractivity contribution < 1.29 is 23.8 Å². The van der Waals surface area contributed by atoms with E-state index in [0.717, 1.165) is 45.1 Å². The van der Waals surface area contributed by atoms with E-state index in [0.29, 0.717) is 12.3 Å². The summed E-state index contributed by atoms with van der Waals surface area (Å²) in [5.74, 6) is 0.515. The average Bonchev–Trinajstić information content (AvgIpc) is 3.01. The Labute approximate surface area is 152 Å². The fraction of sp³-hybridized carbons (Fsp3) is 0.947. The van der Waals surface area contributed by atoms with Crippen LogP contribution in [-0.4, -0.2) is 44.2 Å². The Hall–Kier alpha value is -0.433. The number of carbonyl (C=O) groups excluding carboxylic acids is 1. The van der Waals surface area contributed by atoms with E-state index in [2.05, 4.69) is 13.8 Å². The first kappa shape index (κ1) is 19.3. The van der Waals surface area contributed by atoms with Gasteiger partial charge >= 0.3 is 5.97 Å². The highest BCUT2D eigenvalue weighted by molar-refractivity contribution is 6.72. The maximum atomic E-state index is 11.7. The van der Waals surface area contributed by atoms with Crippen LogP contribution in [0.25, 0.3) is 0 Å². The highest BCUT2D eigenvalue weighted by Crippen LogP contribution is 2.49. The zero-order valence-electron chi connectivity index (χ0n) is 16.1. The largest absolute Gasteiger partial charge is 0.462 e. The van der Waals surface area contributed by atoms with Crippen molar-refractivity contribution in [3.8, 4) is 0 Å². The van der Waals surface area contributed by atoms with Crippen LogP contribution in [0.3, 0.4) is 0 Å². The topological polar surface area (TPSA) is 65.0 Å². The molecular formula is C19H34O5Si. The minimum Gasteiger partial charge on any atom is -0.462 e. The molecule has 5 nitrogen and oxygen atoms in total. The number of esters is 1. The maximum Gasteiger partial charge on any atom is 0.306 e. The molecule has 2 saturated heterocycles. The Morgan fingerprint density at radius 3 is 2.72 bits per heavy atom. The van der Waals surface area contributed by atoms with Crippen LogP contribution < -0.4 is 0 Å². The molecule has 144 valence electrons. The third-order valence-corrected chi connectivity index (χ3v) is 10.4. The van der Waals surface area contributed by atoms with Crippen molar-refractivity contribution >= 4 is 14.3 Å². The fourth-order valence-corrected chi connectivity index (χ4v) is 5.12. The molecule has 2 aliphatic heterocycles. The average molecular weight is 371 g/mol. The minimum absolute atomic E-state index is 0.00795. The van der Waals surface area contributed by atoms with Crippen LogP contribution in [0, 0.1) is 11.8 Å². The van der Waals surface area contributed by atoms with Crippen LogP contribution in [0.5, 0.6) is 0 Å². The smallest absolute Gasteiger partial charge is 0.306 e. The van der Waals surface area contributed by atoms with E-state index in [1.165, 1.54) is 0 Å². The van der Waals surface area contributed by atoms with Gasteiger partial charge in [0, 0.05) is 18.9 Å². The molecule has 1 aliphatic carbocycles. The Morgan fingerprint density at radius 1 is 1.32 bits per heavy atom. The lowest BCUT2D eigenvalue weighted by molar-refractivity contribution is -0.197. The van der Waals surface area contributed by atoms with Gasteiger partial charge in [0.1, 0.15) is 6.10 Å². The van der Waals surface area contributed by atoms with Gasteiger partial charge in [-0.2, -0.15) is 0 Å². The van der Waals surface area contributed by atoms with Crippen LogP contribution in [0.4, 0.5) is 0 Å². The second-order valence-corrected chi connectivity index (χ2v) is 13.7. The monoisotopic (exact) mass is 370 g/mol. The molecule has 25 heavy (non-hydrogen) atoms. The molecule has 3 rings (SSSR count). The highest BCUT2D eigenvalue weighted by atomic mass is 28.4. The van der Waals surface area contributed by atoms with Crippen molar-refractivity contribution in [1.82, 2.24) is 0 Å². The van der Waals surface area contributed by atoms with Gasteiger partial charge in [-0.15, -0.1) is 0 Å². The van der Waals surface area contributed by atoms with Crippen molar-refractivity contribution in [2.75, 3.05) is 6.61 Å². The Balaban J connectivity index is 1.66. The first-order valence-electron chi connectivity index (χ1n) is 9.86. The standard InChI is InChI=1S/C19H34O5Si/c1-19(2,25(3,4)21)9-8-13-14-11-17(20)23-16(14)12-15(13)24-18-7-5-6-10-22-18/h13-16,18,21H,5-12H2,1-4H3/t13-,14-,15-,16+,18?/m1/s1. The zero-order chi connectivity index (χ0) is 18.2. The first-order valence-corrected chi connectivity index (χ1v) is 12.8. The van der Waals surface area contributed by atoms with Gasteiger partial charge < -0.3 is 19.0 Å². The highest BCUT2D eigenvalue weighted by Gasteiger charge is 2.51. The molecule has 1 unspecified atom stereocenters. The van der Waals surface area contributed by atoms with E-state index >= 15 is 0 Å². The Morgan fingerprint density at radius 2 is 2.08 bits per heavy atom. The molecule has 0 bridgehead atoms. The van der Waals surface area contributed by atoms with Gasteiger partial charge in [-0.1, -0.05) is 13.8 Å². The molecule has 2 heterocycles. The molecule has 0 spiro atoms. The van der Waals surface area contributed by atoms with Crippen LogP contribution in [0.15, 0.2) is 0 Å². The molecule has 0 aromatic carbocycles. The number of rotatable bonds is 6. The van der Waals surface area contributed by atoms with E-state index in [9.17, 15) is 9.59 Å². The van der Waals surface area contributed by atoms with Crippen molar-refractivity contribution in [2.24, 2.45) is 11.8 Å². The molecule has 3 aliphatic rings. The van der Waals surface area contributed by atoms with Crippen molar-refractivity contribution in [3.63, 3.8) is 0 Å². The lowest BCUT2D eigenvalue weighted by Crippen LogP contribution is -2.40. The summed E-state index contributed by atoms with van der Waals surface area (Å²) in [6, 6.07) is 0. The molecular weight excluding hydrogens is 336 g/mol. The maximum absolute atomic E-state index is 11.7. The van der Waals surface area contributed by atoms with Gasteiger partial charge in [0.25, 0.3) is 0 Å². The third-order valence-electron chi connectivity index (χ3n) is 6.88. The van der Waals surface area contributed by atoms with Gasteiger partial charge in [-0.05, 0) is 56.2 Å². The summed E-state index contributed by atoms with van der Waals surface area (Å²) in [6.45, 7) is 9.14. The summed E-state index contributed by atoms with van der Waals surface area (Å²) < 4.78 is 17.6. The number of ether oxygens (including phenoxy) is 3. The van der Waals surface area contributed by atoms with Gasteiger partial charge in [0.15, 0.2) is 14.6 Å². The second-order valence-electron chi connectivity index (χ2n) is 9.25. The molecule has 0 aromatic heterocycles. The summed E-state index contributed by atoms with van der Waals surface area (Å²) in [6.07, 6.45) is 6.46. The number of carbonyl (C=O) groups is 1. The molecule has 5 atom stereocenters. The predicted molar refractivity (Wildman–Crippen MR) is 97.5 cm³/mol. The van der Waals surface area contributed by atoms with Crippen LogP contribution in [0.2, 0.25) is 18.1 Å². The first-order chi connectivity index (χ1) is 11.7. The molecule has 0 radical (unpaired) electrons. The summed E-state index contributed by atoms with van der Waals surface area (Å²) in [4.78, 5) is 22.3. The van der Waals surface area contributed by atoms with Crippen LogP contribution in [-0.2, 0) is 19.0 Å². The number of hydrogen-bond donors (Lipinski definition) is 1. The molecule has 0 aromatic rings. The van der Waals surface area contributed by atoms with Crippen molar-refractivity contribution in [3.05, 3.63) is 0 Å². The Kier molecular flexibility index (Phi) is 5.64. The van der Waals surface area contributed by atoms with Gasteiger partial charge in [-0.3, -0.25) is 4.79 Å². The van der Waals surface area contributed by atoms with Crippen molar-refractivity contribution in [2.45, 2.75) is 95.4 Å². The lowest BCUT2D eigenvalue weighted by atomic mass is 9.86. The van der Waals surface area contributed by atoms with Crippen LogP contribution in [0.1, 0.15) is 58.8 Å². The van der Waals surface area contributed by atoms with Gasteiger partial charge in [0.2, 0.25) is 0 Å². The van der Waals surface area contributed by atoms with E-state index in [4.69, 9.17) is 14.2 Å². The van der Waals surface area contributed by atoms with E-state index in [1.54, 1.807) is 0 Å². The second kappa shape index (κ2) is 7.29. The molecule has 6 heteroatoms. The summed E-state index contributed by atoms with van der Waals surface area (Å²) in [7, 11) is -2.23. The fourth-order valence-electron chi connectivity index (χ4n) is 4.36.